The predicted octanol–water partition coefficient (Wildman–Crippen LogP) is 2.54. The van der Waals surface area contributed by atoms with E-state index in [4.69, 9.17) is 9.47 Å². The van der Waals surface area contributed by atoms with Crippen LogP contribution in [-0.2, 0) is 14.3 Å². The lowest BCUT2D eigenvalue weighted by Gasteiger charge is -2.06. The molecule has 0 aliphatic carbocycles. The molecule has 0 amide bonds. The fraction of sp³-hybridized carbons (Fsp3) is 0.917. The Morgan fingerprint density at radius 3 is 2.93 bits per heavy atom. The van der Waals surface area contributed by atoms with E-state index in [1.54, 1.807) is 0 Å². The van der Waals surface area contributed by atoms with Crippen LogP contribution in [0.25, 0.3) is 0 Å². The average Bonchev–Trinajstić information content (AvgIpc) is 2.70. The molecule has 1 atom stereocenters. The van der Waals surface area contributed by atoms with Crippen molar-refractivity contribution in [3.63, 3.8) is 0 Å². The molecule has 0 bridgehead atoms. The Morgan fingerprint density at radius 2 is 2.27 bits per heavy atom. The van der Waals surface area contributed by atoms with Crippen LogP contribution in [0.4, 0.5) is 0 Å². The second kappa shape index (κ2) is 7.69. The van der Waals surface area contributed by atoms with Gasteiger partial charge in [-0.05, 0) is 32.1 Å². The van der Waals surface area contributed by atoms with Gasteiger partial charge in [0.1, 0.15) is 0 Å². The molecule has 15 heavy (non-hydrogen) atoms. The van der Waals surface area contributed by atoms with Crippen molar-refractivity contribution in [2.45, 2.75) is 45.4 Å². The summed E-state index contributed by atoms with van der Waals surface area (Å²) < 4.78 is 10.2. The van der Waals surface area contributed by atoms with Gasteiger partial charge in [-0.1, -0.05) is 12.8 Å². The molecule has 1 heterocycles. The lowest BCUT2D eigenvalue weighted by molar-refractivity contribution is -0.143. The zero-order valence-electron chi connectivity index (χ0n) is 9.67. The quantitative estimate of drug-likeness (QED) is 0.482. The topological polar surface area (TPSA) is 35.5 Å². The fourth-order valence-electron chi connectivity index (χ4n) is 1.92. The van der Waals surface area contributed by atoms with Crippen molar-refractivity contribution in [2.75, 3.05) is 19.8 Å². The molecule has 1 aliphatic rings. The van der Waals surface area contributed by atoms with Gasteiger partial charge in [0, 0.05) is 19.6 Å². The van der Waals surface area contributed by atoms with E-state index in [0.717, 1.165) is 32.0 Å². The standard InChI is InChI=1S/C12H22O3/c1-2-15-12(13)7-5-3-4-6-11-8-9-14-10-11/h11H,2-10H2,1H3. The maximum absolute atomic E-state index is 11.0. The van der Waals surface area contributed by atoms with Gasteiger partial charge in [-0.15, -0.1) is 0 Å². The molecule has 0 aromatic heterocycles. The summed E-state index contributed by atoms with van der Waals surface area (Å²) in [5.74, 6) is 0.717. The number of carbonyl (C=O) groups is 1. The molecule has 0 aromatic carbocycles. The molecule has 0 spiro atoms. The average molecular weight is 214 g/mol. The van der Waals surface area contributed by atoms with Gasteiger partial charge in [-0.25, -0.2) is 0 Å². The molecule has 3 nitrogen and oxygen atoms in total. The molecule has 1 saturated heterocycles. The van der Waals surface area contributed by atoms with Gasteiger partial charge in [0.15, 0.2) is 0 Å². The molecule has 0 radical (unpaired) electrons. The highest BCUT2D eigenvalue weighted by atomic mass is 16.5. The van der Waals surface area contributed by atoms with E-state index in [9.17, 15) is 4.79 Å². The third-order valence-electron chi connectivity index (χ3n) is 2.82. The Labute approximate surface area is 92.1 Å². The van der Waals surface area contributed by atoms with Crippen LogP contribution in [-0.4, -0.2) is 25.8 Å². The Morgan fingerprint density at radius 1 is 1.40 bits per heavy atom. The first-order valence-electron chi connectivity index (χ1n) is 6.06. The number of hydrogen-bond donors (Lipinski definition) is 0. The normalized spacial score (nSPS) is 20.5. The summed E-state index contributed by atoms with van der Waals surface area (Å²) in [6.07, 6.45) is 6.37. The number of unbranched alkanes of at least 4 members (excludes halogenated alkanes) is 2. The van der Waals surface area contributed by atoms with Gasteiger partial charge in [-0.3, -0.25) is 4.79 Å². The first-order valence-corrected chi connectivity index (χ1v) is 6.06. The van der Waals surface area contributed by atoms with Crippen LogP contribution < -0.4 is 0 Å². The lowest BCUT2D eigenvalue weighted by Crippen LogP contribution is -2.03. The van der Waals surface area contributed by atoms with Crippen molar-refractivity contribution >= 4 is 5.97 Å². The van der Waals surface area contributed by atoms with E-state index in [2.05, 4.69) is 0 Å². The Balaban J connectivity index is 1.86. The van der Waals surface area contributed by atoms with Crippen LogP contribution >= 0.6 is 0 Å². The minimum absolute atomic E-state index is 0.0540. The summed E-state index contributed by atoms with van der Waals surface area (Å²) in [7, 11) is 0. The van der Waals surface area contributed by atoms with Crippen molar-refractivity contribution in [1.82, 2.24) is 0 Å². The third kappa shape index (κ3) is 5.78. The largest absolute Gasteiger partial charge is 0.466 e. The highest BCUT2D eigenvalue weighted by Gasteiger charge is 2.14. The van der Waals surface area contributed by atoms with Crippen molar-refractivity contribution in [3.8, 4) is 0 Å². The maximum Gasteiger partial charge on any atom is 0.305 e. The SMILES string of the molecule is CCOC(=O)CCCCCC1CCOC1. The molecule has 0 saturated carbocycles. The monoisotopic (exact) mass is 214 g/mol. The molecule has 0 N–H and O–H groups in total. The van der Waals surface area contributed by atoms with Crippen LogP contribution in [0.3, 0.4) is 0 Å². The summed E-state index contributed by atoms with van der Waals surface area (Å²) in [5.41, 5.74) is 0. The van der Waals surface area contributed by atoms with Crippen LogP contribution in [0.2, 0.25) is 0 Å². The minimum Gasteiger partial charge on any atom is -0.466 e. The summed E-state index contributed by atoms with van der Waals surface area (Å²) in [6, 6.07) is 0. The molecule has 0 aromatic rings. The molecular formula is C12H22O3. The van der Waals surface area contributed by atoms with Crippen molar-refractivity contribution < 1.29 is 14.3 Å². The van der Waals surface area contributed by atoms with Gasteiger partial charge < -0.3 is 9.47 Å². The predicted molar refractivity (Wildman–Crippen MR) is 58.6 cm³/mol. The van der Waals surface area contributed by atoms with Gasteiger partial charge >= 0.3 is 5.97 Å². The van der Waals surface area contributed by atoms with Crippen LogP contribution in [0.15, 0.2) is 0 Å². The van der Waals surface area contributed by atoms with E-state index in [-0.39, 0.29) is 5.97 Å². The molecule has 1 rings (SSSR count). The molecule has 88 valence electrons. The molecule has 3 heteroatoms. The molecule has 1 aliphatic heterocycles. The Kier molecular flexibility index (Phi) is 6.41. The third-order valence-corrected chi connectivity index (χ3v) is 2.82. The number of rotatable bonds is 7. The summed E-state index contributed by atoms with van der Waals surface area (Å²) in [5, 5.41) is 0. The second-order valence-corrected chi connectivity index (χ2v) is 4.13. The zero-order chi connectivity index (χ0) is 10.9. The first kappa shape index (κ1) is 12.5. The fourth-order valence-corrected chi connectivity index (χ4v) is 1.92. The van der Waals surface area contributed by atoms with Gasteiger partial charge in [0.25, 0.3) is 0 Å². The van der Waals surface area contributed by atoms with Crippen molar-refractivity contribution in [3.05, 3.63) is 0 Å². The molecule has 1 unspecified atom stereocenters. The summed E-state index contributed by atoms with van der Waals surface area (Å²) in [6.45, 7) is 4.22. The number of hydrogen-bond acceptors (Lipinski definition) is 3. The highest BCUT2D eigenvalue weighted by Crippen LogP contribution is 2.19. The molecular weight excluding hydrogens is 192 g/mol. The number of carbonyl (C=O) groups excluding carboxylic acids is 1. The van der Waals surface area contributed by atoms with E-state index in [1.807, 2.05) is 6.92 Å². The zero-order valence-corrected chi connectivity index (χ0v) is 9.67. The van der Waals surface area contributed by atoms with E-state index in [1.165, 1.54) is 19.3 Å². The molecule has 1 fully saturated rings. The van der Waals surface area contributed by atoms with Crippen molar-refractivity contribution in [2.24, 2.45) is 5.92 Å². The van der Waals surface area contributed by atoms with Crippen LogP contribution in [0.1, 0.15) is 45.4 Å². The Bertz CT molecular complexity index is 174. The van der Waals surface area contributed by atoms with Gasteiger partial charge in [0.05, 0.1) is 6.61 Å². The number of ether oxygens (including phenoxy) is 2. The summed E-state index contributed by atoms with van der Waals surface area (Å²) >= 11 is 0. The second-order valence-electron chi connectivity index (χ2n) is 4.13. The summed E-state index contributed by atoms with van der Waals surface area (Å²) in [4.78, 5) is 11.0. The van der Waals surface area contributed by atoms with Crippen molar-refractivity contribution in [1.29, 1.82) is 0 Å². The minimum atomic E-state index is -0.0540. The van der Waals surface area contributed by atoms with Gasteiger partial charge in [0.2, 0.25) is 0 Å². The van der Waals surface area contributed by atoms with E-state index < -0.39 is 0 Å². The maximum atomic E-state index is 11.0. The smallest absolute Gasteiger partial charge is 0.305 e. The first-order chi connectivity index (χ1) is 7.33. The van der Waals surface area contributed by atoms with E-state index in [0.29, 0.717) is 13.0 Å². The van der Waals surface area contributed by atoms with Crippen LogP contribution in [0, 0.1) is 5.92 Å². The number of esters is 1. The van der Waals surface area contributed by atoms with E-state index >= 15 is 0 Å². The highest BCUT2D eigenvalue weighted by molar-refractivity contribution is 5.69. The van der Waals surface area contributed by atoms with Crippen LogP contribution in [0.5, 0.6) is 0 Å². The van der Waals surface area contributed by atoms with Gasteiger partial charge in [-0.2, -0.15) is 0 Å². The lowest BCUT2D eigenvalue weighted by atomic mass is 10.0. The Hall–Kier alpha value is -0.570.